The zero-order chi connectivity index (χ0) is 15.9. The molecule has 1 saturated heterocycles. The van der Waals surface area contributed by atoms with Crippen molar-refractivity contribution in [1.82, 2.24) is 0 Å². The second-order valence-corrected chi connectivity index (χ2v) is 6.92. The molecular formula is C15H15Br2NO4. The second-order valence-electron chi connectivity index (χ2n) is 5.15. The predicted molar refractivity (Wildman–Crippen MR) is 89.2 cm³/mol. The first-order valence-electron chi connectivity index (χ1n) is 6.77. The Morgan fingerprint density at radius 3 is 2.77 bits per heavy atom. The van der Waals surface area contributed by atoms with Gasteiger partial charge in [0.05, 0.1) is 5.69 Å². The van der Waals surface area contributed by atoms with Crippen LogP contribution in [-0.2, 0) is 19.0 Å². The second kappa shape index (κ2) is 6.41. The van der Waals surface area contributed by atoms with E-state index in [0.717, 1.165) is 20.2 Å². The number of carbonyl (C=O) groups excluding carboxylic acids is 1. The summed E-state index contributed by atoms with van der Waals surface area (Å²) in [4.78, 5) is 12.3. The van der Waals surface area contributed by atoms with Gasteiger partial charge in [-0.05, 0) is 28.1 Å². The minimum atomic E-state index is -0.412. The molecule has 0 spiro atoms. The largest absolute Gasteiger partial charge is 0.356 e. The van der Waals surface area contributed by atoms with E-state index < -0.39 is 6.29 Å². The van der Waals surface area contributed by atoms with Gasteiger partial charge in [0.15, 0.2) is 12.6 Å². The Balaban J connectivity index is 1.97. The molecule has 1 fully saturated rings. The monoisotopic (exact) mass is 431 g/mol. The van der Waals surface area contributed by atoms with Crippen molar-refractivity contribution in [2.24, 2.45) is 5.92 Å². The van der Waals surface area contributed by atoms with Crippen LogP contribution in [-0.4, -0.2) is 32.7 Å². The van der Waals surface area contributed by atoms with Crippen molar-refractivity contribution in [3.8, 4) is 0 Å². The molecule has 3 unspecified atom stereocenters. The van der Waals surface area contributed by atoms with E-state index in [1.807, 2.05) is 18.2 Å². The number of nitrogens with one attached hydrogen (secondary N) is 1. The van der Waals surface area contributed by atoms with E-state index in [4.69, 9.17) is 14.2 Å². The number of fused-ring (bicyclic) bond motifs is 1. The molecule has 7 heteroatoms. The van der Waals surface area contributed by atoms with Gasteiger partial charge in [0, 0.05) is 46.6 Å². The summed E-state index contributed by atoms with van der Waals surface area (Å²) >= 11 is 6.93. The number of halogens is 2. The summed E-state index contributed by atoms with van der Waals surface area (Å²) < 4.78 is 17.9. The Kier molecular flexibility index (Phi) is 4.70. The molecular weight excluding hydrogens is 418 g/mol. The molecule has 2 heterocycles. The fourth-order valence-corrected chi connectivity index (χ4v) is 4.09. The van der Waals surface area contributed by atoms with E-state index in [2.05, 4.69) is 37.2 Å². The van der Waals surface area contributed by atoms with Crippen molar-refractivity contribution in [3.63, 3.8) is 0 Å². The first-order valence-corrected chi connectivity index (χ1v) is 8.35. The third kappa shape index (κ3) is 2.88. The van der Waals surface area contributed by atoms with Crippen LogP contribution in [0.4, 0.5) is 5.69 Å². The SMILES string of the molecule is COC1CC(C=C2C(=O)Nc3c(Br)cc(Br)cc32)C(OC)O1. The fourth-order valence-electron chi connectivity index (χ4n) is 2.76. The van der Waals surface area contributed by atoms with E-state index in [1.54, 1.807) is 14.2 Å². The van der Waals surface area contributed by atoms with Gasteiger partial charge in [0.25, 0.3) is 5.91 Å². The van der Waals surface area contributed by atoms with Gasteiger partial charge in [-0.3, -0.25) is 4.79 Å². The number of hydrogen-bond acceptors (Lipinski definition) is 4. The van der Waals surface area contributed by atoms with Gasteiger partial charge in [-0.1, -0.05) is 22.0 Å². The first-order chi connectivity index (χ1) is 10.5. The van der Waals surface area contributed by atoms with E-state index >= 15 is 0 Å². The summed E-state index contributed by atoms with van der Waals surface area (Å²) in [5, 5.41) is 2.89. The third-order valence-corrected chi connectivity index (χ3v) is 4.89. The van der Waals surface area contributed by atoms with Crippen LogP contribution >= 0.6 is 31.9 Å². The number of ether oxygens (including phenoxy) is 3. The van der Waals surface area contributed by atoms with Crippen LogP contribution < -0.4 is 5.32 Å². The average molecular weight is 433 g/mol. The summed E-state index contributed by atoms with van der Waals surface area (Å²) in [5.74, 6) is -0.163. The van der Waals surface area contributed by atoms with Gasteiger partial charge in [0.2, 0.25) is 0 Å². The smallest absolute Gasteiger partial charge is 0.256 e. The predicted octanol–water partition coefficient (Wildman–Crippen LogP) is 3.53. The van der Waals surface area contributed by atoms with Crippen molar-refractivity contribution in [2.45, 2.75) is 19.0 Å². The fraction of sp³-hybridized carbons (Fsp3) is 0.400. The van der Waals surface area contributed by atoms with Gasteiger partial charge in [-0.25, -0.2) is 0 Å². The topological polar surface area (TPSA) is 56.8 Å². The number of anilines is 1. The van der Waals surface area contributed by atoms with Crippen LogP contribution in [0.3, 0.4) is 0 Å². The van der Waals surface area contributed by atoms with E-state index in [9.17, 15) is 4.79 Å². The molecule has 1 aromatic rings. The quantitative estimate of drug-likeness (QED) is 0.742. The van der Waals surface area contributed by atoms with Crippen LogP contribution in [0.25, 0.3) is 5.57 Å². The molecule has 0 aliphatic carbocycles. The highest BCUT2D eigenvalue weighted by molar-refractivity contribution is 9.11. The average Bonchev–Trinajstić information content (AvgIpc) is 3.02. The van der Waals surface area contributed by atoms with Crippen LogP contribution in [0.1, 0.15) is 12.0 Å². The zero-order valence-electron chi connectivity index (χ0n) is 12.1. The van der Waals surface area contributed by atoms with Gasteiger partial charge < -0.3 is 19.5 Å². The molecule has 2 aliphatic rings. The van der Waals surface area contributed by atoms with Gasteiger partial charge in [-0.15, -0.1) is 0 Å². The lowest BCUT2D eigenvalue weighted by Crippen LogP contribution is -2.18. The standard InChI is InChI=1S/C15H15Br2NO4/c1-20-12-4-7(15(21-2)22-12)3-10-9-5-8(16)6-11(17)13(9)18-14(10)19/h3,5-7,12,15H,4H2,1-2H3,(H,18,19). The molecule has 118 valence electrons. The van der Waals surface area contributed by atoms with Crippen LogP contribution in [0.15, 0.2) is 27.2 Å². The number of hydrogen-bond donors (Lipinski definition) is 1. The molecule has 2 aliphatic heterocycles. The van der Waals surface area contributed by atoms with Crippen molar-refractivity contribution < 1.29 is 19.0 Å². The Hall–Kier alpha value is -0.730. The molecule has 3 atom stereocenters. The number of rotatable bonds is 3. The molecule has 0 radical (unpaired) electrons. The maximum Gasteiger partial charge on any atom is 0.256 e. The summed E-state index contributed by atoms with van der Waals surface area (Å²) in [6.45, 7) is 0. The summed E-state index contributed by atoms with van der Waals surface area (Å²) in [6.07, 6.45) is 1.83. The molecule has 0 aromatic heterocycles. The minimum Gasteiger partial charge on any atom is -0.356 e. The minimum absolute atomic E-state index is 0.0422. The van der Waals surface area contributed by atoms with Crippen molar-refractivity contribution in [1.29, 1.82) is 0 Å². The highest BCUT2D eigenvalue weighted by Crippen LogP contribution is 2.41. The maximum absolute atomic E-state index is 12.3. The number of amides is 1. The van der Waals surface area contributed by atoms with Crippen LogP contribution in [0.5, 0.6) is 0 Å². The van der Waals surface area contributed by atoms with Crippen molar-refractivity contribution in [3.05, 3.63) is 32.7 Å². The van der Waals surface area contributed by atoms with E-state index in [0.29, 0.717) is 12.0 Å². The van der Waals surface area contributed by atoms with Crippen LogP contribution in [0.2, 0.25) is 0 Å². The van der Waals surface area contributed by atoms with Gasteiger partial charge >= 0.3 is 0 Å². The number of methoxy groups -OCH3 is 2. The summed E-state index contributed by atoms with van der Waals surface area (Å²) in [6, 6.07) is 3.83. The first kappa shape index (κ1) is 16.1. The van der Waals surface area contributed by atoms with Gasteiger partial charge in [0.1, 0.15) is 0 Å². The highest BCUT2D eigenvalue weighted by atomic mass is 79.9. The Morgan fingerprint density at radius 1 is 1.32 bits per heavy atom. The summed E-state index contributed by atoms with van der Waals surface area (Å²) in [5.41, 5.74) is 2.28. The highest BCUT2D eigenvalue weighted by Gasteiger charge is 2.36. The molecule has 1 amide bonds. The molecule has 5 nitrogen and oxygen atoms in total. The molecule has 0 bridgehead atoms. The normalized spacial score (nSPS) is 29.0. The Labute approximate surface area is 145 Å². The molecule has 1 aromatic carbocycles. The Morgan fingerprint density at radius 2 is 2.09 bits per heavy atom. The van der Waals surface area contributed by atoms with E-state index in [1.165, 1.54) is 0 Å². The number of benzene rings is 1. The zero-order valence-corrected chi connectivity index (χ0v) is 15.2. The molecule has 1 N–H and O–H groups in total. The molecule has 3 rings (SSSR count). The lowest BCUT2D eigenvalue weighted by atomic mass is 9.99. The summed E-state index contributed by atoms with van der Waals surface area (Å²) in [7, 11) is 3.18. The lowest BCUT2D eigenvalue weighted by molar-refractivity contribution is -0.190. The third-order valence-electron chi connectivity index (χ3n) is 3.80. The van der Waals surface area contributed by atoms with Crippen molar-refractivity contribution >= 4 is 49.0 Å². The van der Waals surface area contributed by atoms with Gasteiger partial charge in [-0.2, -0.15) is 0 Å². The van der Waals surface area contributed by atoms with E-state index in [-0.39, 0.29) is 18.1 Å². The lowest BCUT2D eigenvalue weighted by Gasteiger charge is -2.13. The van der Waals surface area contributed by atoms with Crippen LogP contribution in [0, 0.1) is 5.92 Å². The molecule has 22 heavy (non-hydrogen) atoms. The number of carbonyl (C=O) groups is 1. The Bertz CT molecular complexity index is 647. The maximum atomic E-state index is 12.3. The molecule has 0 saturated carbocycles. The van der Waals surface area contributed by atoms with Crippen molar-refractivity contribution in [2.75, 3.05) is 19.5 Å².